The summed E-state index contributed by atoms with van der Waals surface area (Å²) in [6.07, 6.45) is 0. The van der Waals surface area contributed by atoms with Crippen molar-refractivity contribution in [2.24, 2.45) is 0 Å². The van der Waals surface area contributed by atoms with E-state index in [1.54, 1.807) is 30.5 Å². The summed E-state index contributed by atoms with van der Waals surface area (Å²) in [7, 11) is 1.80. The molecule has 2 N–H and O–H groups in total. The van der Waals surface area contributed by atoms with E-state index in [9.17, 15) is 0 Å². The highest BCUT2D eigenvalue weighted by atomic mass is 32.1. The van der Waals surface area contributed by atoms with Crippen LogP contribution in [0, 0.1) is 18.3 Å². The normalized spacial score (nSPS) is 10.3. The molecular weight excluding hydrogens is 282 g/mol. The summed E-state index contributed by atoms with van der Waals surface area (Å²) in [5.41, 5.74) is 1.52. The molecule has 6 heteroatoms. The molecule has 3 aromatic rings. The number of thiophene rings is 1. The molecule has 2 heterocycles. The van der Waals surface area contributed by atoms with Gasteiger partial charge in [0.05, 0.1) is 17.0 Å². The number of aryl methyl sites for hydroxylation is 1. The van der Waals surface area contributed by atoms with Gasteiger partial charge in [0.15, 0.2) is 0 Å². The zero-order chi connectivity index (χ0) is 14.8. The largest absolute Gasteiger partial charge is 0.357 e. The van der Waals surface area contributed by atoms with Gasteiger partial charge in [-0.1, -0.05) is 0 Å². The van der Waals surface area contributed by atoms with E-state index in [1.165, 1.54) is 4.88 Å². The van der Waals surface area contributed by atoms with E-state index in [4.69, 9.17) is 5.26 Å². The Balaban J connectivity index is 2.03. The molecule has 0 spiro atoms. The van der Waals surface area contributed by atoms with E-state index < -0.39 is 0 Å². The molecule has 0 saturated heterocycles. The number of hydrogen-bond acceptors (Lipinski definition) is 6. The fraction of sp³-hybridized carbons (Fsp3) is 0.133. The van der Waals surface area contributed by atoms with Crippen LogP contribution in [0.1, 0.15) is 10.4 Å². The second-order valence-corrected chi connectivity index (χ2v) is 5.77. The molecule has 0 bridgehead atoms. The van der Waals surface area contributed by atoms with Crippen LogP contribution < -0.4 is 10.6 Å². The van der Waals surface area contributed by atoms with E-state index in [1.807, 2.05) is 12.1 Å². The van der Waals surface area contributed by atoms with Gasteiger partial charge in [0.1, 0.15) is 10.6 Å². The predicted molar refractivity (Wildman–Crippen MR) is 86.1 cm³/mol. The Morgan fingerprint density at radius 1 is 1.19 bits per heavy atom. The third kappa shape index (κ3) is 2.64. The number of nitrogens with zero attached hydrogens (tertiary/aromatic N) is 3. The Hall–Kier alpha value is -2.65. The minimum Gasteiger partial charge on any atom is -0.357 e. The molecule has 2 aromatic heterocycles. The number of aromatic nitrogens is 2. The maximum absolute atomic E-state index is 8.83. The summed E-state index contributed by atoms with van der Waals surface area (Å²) in [6.45, 7) is 2.05. The number of nitrogens with one attached hydrogen (secondary N) is 2. The lowest BCUT2D eigenvalue weighted by molar-refractivity contribution is 1.20. The third-order valence-corrected chi connectivity index (χ3v) is 3.96. The fourth-order valence-electron chi connectivity index (χ4n) is 2.01. The Bertz CT molecular complexity index is 830. The molecule has 3 rings (SSSR count). The molecule has 0 aliphatic heterocycles. The molecule has 21 heavy (non-hydrogen) atoms. The lowest BCUT2D eigenvalue weighted by Gasteiger charge is -2.08. The Kier molecular flexibility index (Phi) is 3.42. The zero-order valence-electron chi connectivity index (χ0n) is 11.6. The van der Waals surface area contributed by atoms with Crippen molar-refractivity contribution in [2.45, 2.75) is 6.92 Å². The second-order valence-electron chi connectivity index (χ2n) is 4.54. The number of benzene rings is 1. The molecular formula is C15H13N5S. The smallest absolute Gasteiger partial charge is 0.225 e. The van der Waals surface area contributed by atoms with Gasteiger partial charge in [0, 0.05) is 17.6 Å². The van der Waals surface area contributed by atoms with Crippen LogP contribution in [-0.4, -0.2) is 17.0 Å². The summed E-state index contributed by atoms with van der Waals surface area (Å²) >= 11 is 1.64. The Morgan fingerprint density at radius 2 is 1.95 bits per heavy atom. The Labute approximate surface area is 126 Å². The second kappa shape index (κ2) is 5.38. The molecule has 0 amide bonds. The van der Waals surface area contributed by atoms with Crippen molar-refractivity contribution in [3.63, 3.8) is 0 Å². The molecule has 5 nitrogen and oxygen atoms in total. The van der Waals surface area contributed by atoms with Crippen LogP contribution >= 0.6 is 11.3 Å². The van der Waals surface area contributed by atoms with Gasteiger partial charge in [0.2, 0.25) is 5.95 Å². The number of nitriles is 1. The average Bonchev–Trinajstić information content (AvgIpc) is 2.88. The summed E-state index contributed by atoms with van der Waals surface area (Å²) in [4.78, 5) is 11.1. The predicted octanol–water partition coefficient (Wildman–Crippen LogP) is 3.66. The van der Waals surface area contributed by atoms with Crippen LogP contribution in [0.3, 0.4) is 0 Å². The molecule has 0 atom stereocenters. The van der Waals surface area contributed by atoms with E-state index in [0.717, 1.165) is 21.7 Å². The zero-order valence-corrected chi connectivity index (χ0v) is 12.5. The minimum absolute atomic E-state index is 0.584. The van der Waals surface area contributed by atoms with Gasteiger partial charge in [-0.05, 0) is 37.3 Å². The summed E-state index contributed by atoms with van der Waals surface area (Å²) < 4.78 is 0. The summed E-state index contributed by atoms with van der Waals surface area (Å²) in [6, 6.07) is 11.5. The average molecular weight is 295 g/mol. The Morgan fingerprint density at radius 3 is 2.62 bits per heavy atom. The van der Waals surface area contributed by atoms with Crippen molar-refractivity contribution in [3.05, 3.63) is 40.8 Å². The van der Waals surface area contributed by atoms with Crippen LogP contribution in [0.5, 0.6) is 0 Å². The van der Waals surface area contributed by atoms with Crippen molar-refractivity contribution in [1.82, 2.24) is 9.97 Å². The maximum atomic E-state index is 8.83. The topological polar surface area (TPSA) is 73.6 Å². The highest BCUT2D eigenvalue weighted by Gasteiger charge is 2.10. The minimum atomic E-state index is 0.584. The lowest BCUT2D eigenvalue weighted by Crippen LogP contribution is -2.00. The van der Waals surface area contributed by atoms with Crippen molar-refractivity contribution in [1.29, 1.82) is 5.26 Å². The van der Waals surface area contributed by atoms with Crippen molar-refractivity contribution in [2.75, 3.05) is 17.7 Å². The van der Waals surface area contributed by atoms with Crippen molar-refractivity contribution < 1.29 is 0 Å². The van der Waals surface area contributed by atoms with Crippen LogP contribution in [-0.2, 0) is 0 Å². The monoisotopic (exact) mass is 295 g/mol. The highest BCUT2D eigenvalue weighted by molar-refractivity contribution is 7.18. The number of anilines is 3. The number of hydrogen-bond donors (Lipinski definition) is 2. The van der Waals surface area contributed by atoms with Crippen LogP contribution in [0.2, 0.25) is 0 Å². The molecule has 0 unspecified atom stereocenters. The summed E-state index contributed by atoms with van der Waals surface area (Å²) in [5.74, 6) is 1.35. The first-order valence-electron chi connectivity index (χ1n) is 6.42. The van der Waals surface area contributed by atoms with Gasteiger partial charge in [-0.25, -0.2) is 4.98 Å². The third-order valence-electron chi connectivity index (χ3n) is 3.02. The van der Waals surface area contributed by atoms with Crippen LogP contribution in [0.15, 0.2) is 30.3 Å². The van der Waals surface area contributed by atoms with Gasteiger partial charge < -0.3 is 10.6 Å². The van der Waals surface area contributed by atoms with E-state index in [-0.39, 0.29) is 0 Å². The van der Waals surface area contributed by atoms with E-state index >= 15 is 0 Å². The van der Waals surface area contributed by atoms with Crippen molar-refractivity contribution in [3.8, 4) is 6.07 Å². The fourth-order valence-corrected chi connectivity index (χ4v) is 2.89. The van der Waals surface area contributed by atoms with Gasteiger partial charge in [-0.3, -0.25) is 0 Å². The van der Waals surface area contributed by atoms with Gasteiger partial charge >= 0.3 is 0 Å². The molecule has 0 aliphatic carbocycles. The molecule has 1 aromatic carbocycles. The summed E-state index contributed by atoms with van der Waals surface area (Å²) in [5, 5.41) is 16.1. The van der Waals surface area contributed by atoms with Crippen molar-refractivity contribution >= 4 is 39.0 Å². The molecule has 0 saturated carbocycles. The number of fused-ring (bicyclic) bond motifs is 1. The van der Waals surface area contributed by atoms with Crippen LogP contribution in [0.25, 0.3) is 10.2 Å². The SMILES string of the molecule is CNc1nc(Nc2ccc(C#N)cc2)c2cc(C)sc2n1. The van der Waals surface area contributed by atoms with Crippen LogP contribution in [0.4, 0.5) is 17.5 Å². The van der Waals surface area contributed by atoms with E-state index in [2.05, 4.69) is 39.7 Å². The van der Waals surface area contributed by atoms with Gasteiger partial charge in [0.25, 0.3) is 0 Å². The lowest BCUT2D eigenvalue weighted by atomic mass is 10.2. The molecule has 104 valence electrons. The van der Waals surface area contributed by atoms with Gasteiger partial charge in [-0.15, -0.1) is 11.3 Å². The first kappa shape index (κ1) is 13.3. The maximum Gasteiger partial charge on any atom is 0.225 e. The molecule has 0 fully saturated rings. The van der Waals surface area contributed by atoms with E-state index in [0.29, 0.717) is 11.5 Å². The number of rotatable bonds is 3. The standard InChI is InChI=1S/C15H13N5S/c1-9-7-12-13(19-15(17-2)20-14(12)21-9)18-11-5-3-10(8-16)4-6-11/h3-7H,1-2H3,(H2,17,18,19,20). The molecule has 0 radical (unpaired) electrons. The highest BCUT2D eigenvalue weighted by Crippen LogP contribution is 2.31. The quantitative estimate of drug-likeness (QED) is 0.771. The first-order chi connectivity index (χ1) is 10.2. The molecule has 0 aliphatic rings. The van der Waals surface area contributed by atoms with Gasteiger partial charge in [-0.2, -0.15) is 10.2 Å². The first-order valence-corrected chi connectivity index (χ1v) is 7.24.